The zero-order chi connectivity index (χ0) is 13.5. The van der Waals surface area contributed by atoms with Gasteiger partial charge in [0, 0.05) is 12.1 Å². The molecule has 4 heteroatoms. The van der Waals surface area contributed by atoms with Crippen LogP contribution in [0.5, 0.6) is 0 Å². The van der Waals surface area contributed by atoms with Crippen LogP contribution in [0.4, 0.5) is 0 Å². The second-order valence-corrected chi connectivity index (χ2v) is 4.66. The van der Waals surface area contributed by atoms with Crippen LogP contribution in [0.2, 0.25) is 0 Å². The highest BCUT2D eigenvalue weighted by atomic mass is 16.2. The lowest BCUT2D eigenvalue weighted by Gasteiger charge is -2.33. The van der Waals surface area contributed by atoms with Crippen LogP contribution in [-0.4, -0.2) is 49.7 Å². The van der Waals surface area contributed by atoms with Crippen molar-refractivity contribution in [1.29, 1.82) is 0 Å². The number of nitrogens with zero attached hydrogens (tertiary/aromatic N) is 2. The number of amides is 1. The van der Waals surface area contributed by atoms with Crippen molar-refractivity contribution in [1.82, 2.24) is 15.1 Å². The average Bonchev–Trinajstić information content (AvgIpc) is 2.36. The minimum absolute atomic E-state index is 0.0442. The fourth-order valence-electron chi connectivity index (χ4n) is 1.90. The lowest BCUT2D eigenvalue weighted by Crippen LogP contribution is -2.54. The number of hydrogen-bond donors (Lipinski definition) is 1. The molecule has 0 aliphatic carbocycles. The highest BCUT2D eigenvalue weighted by Crippen LogP contribution is 2.02. The van der Waals surface area contributed by atoms with Gasteiger partial charge in [-0.1, -0.05) is 25.1 Å². The number of carbonyl (C=O) groups excluding carboxylic acids is 1. The fraction of sp³-hybridized carbons (Fsp3) is 0.500. The highest BCUT2D eigenvalue weighted by Gasteiger charge is 2.19. The average molecular weight is 249 g/mol. The molecule has 0 saturated carbocycles. The van der Waals surface area contributed by atoms with Gasteiger partial charge in [-0.25, -0.2) is 0 Å². The standard InChI is InChI=1S/C14H23N3O/c1-5-11-17(4)14(16(2)3)15-13(18)12-9-7-6-8-10-12/h6-10,14H,5,11H2,1-4H3,(H,15,18). The minimum Gasteiger partial charge on any atom is -0.324 e. The van der Waals surface area contributed by atoms with E-state index in [2.05, 4.69) is 17.1 Å². The second kappa shape index (κ2) is 7.13. The molecule has 0 fully saturated rings. The van der Waals surface area contributed by atoms with Crippen molar-refractivity contribution in [2.24, 2.45) is 0 Å². The molecular weight excluding hydrogens is 226 g/mol. The van der Waals surface area contributed by atoms with E-state index >= 15 is 0 Å². The van der Waals surface area contributed by atoms with E-state index in [0.717, 1.165) is 13.0 Å². The quantitative estimate of drug-likeness (QED) is 0.778. The SMILES string of the molecule is CCCN(C)C(NC(=O)c1ccccc1)N(C)C. The van der Waals surface area contributed by atoms with E-state index in [1.54, 1.807) is 0 Å². The van der Waals surface area contributed by atoms with Gasteiger partial charge in [-0.15, -0.1) is 0 Å². The summed E-state index contributed by atoms with van der Waals surface area (Å²) < 4.78 is 0. The molecule has 0 saturated heterocycles. The molecule has 18 heavy (non-hydrogen) atoms. The van der Waals surface area contributed by atoms with Crippen molar-refractivity contribution in [2.75, 3.05) is 27.7 Å². The van der Waals surface area contributed by atoms with Crippen LogP contribution in [0.25, 0.3) is 0 Å². The number of benzene rings is 1. The Morgan fingerprint density at radius 2 is 1.83 bits per heavy atom. The van der Waals surface area contributed by atoms with Crippen molar-refractivity contribution in [2.45, 2.75) is 19.6 Å². The van der Waals surface area contributed by atoms with E-state index in [0.29, 0.717) is 5.56 Å². The molecule has 1 unspecified atom stereocenters. The summed E-state index contributed by atoms with van der Waals surface area (Å²) in [5, 5.41) is 3.03. The number of carbonyl (C=O) groups is 1. The van der Waals surface area contributed by atoms with Crippen molar-refractivity contribution < 1.29 is 4.79 Å². The lowest BCUT2D eigenvalue weighted by molar-refractivity contribution is 0.0570. The van der Waals surface area contributed by atoms with Crippen LogP contribution in [-0.2, 0) is 0 Å². The predicted octanol–water partition coefficient (Wildman–Crippen LogP) is 1.60. The summed E-state index contributed by atoms with van der Waals surface area (Å²) in [5.41, 5.74) is 0.689. The monoisotopic (exact) mass is 249 g/mol. The Hall–Kier alpha value is -1.39. The van der Waals surface area contributed by atoms with E-state index < -0.39 is 0 Å². The van der Waals surface area contributed by atoms with Gasteiger partial charge in [-0.2, -0.15) is 0 Å². The third-order valence-corrected chi connectivity index (χ3v) is 2.78. The first kappa shape index (κ1) is 14.7. The summed E-state index contributed by atoms with van der Waals surface area (Å²) in [7, 11) is 5.93. The Morgan fingerprint density at radius 1 is 1.22 bits per heavy atom. The first-order valence-electron chi connectivity index (χ1n) is 6.28. The van der Waals surface area contributed by atoms with Crippen LogP contribution >= 0.6 is 0 Å². The molecule has 4 nitrogen and oxygen atoms in total. The van der Waals surface area contributed by atoms with Gasteiger partial charge < -0.3 is 5.32 Å². The summed E-state index contributed by atoms with van der Waals surface area (Å²) in [6.07, 6.45) is 0.972. The van der Waals surface area contributed by atoms with Gasteiger partial charge in [0.1, 0.15) is 6.29 Å². The zero-order valence-corrected chi connectivity index (χ0v) is 11.7. The maximum absolute atomic E-state index is 12.1. The molecule has 100 valence electrons. The molecule has 0 aliphatic heterocycles. The molecule has 1 aromatic carbocycles. The van der Waals surface area contributed by atoms with Crippen LogP contribution in [0.3, 0.4) is 0 Å². The molecule has 0 bridgehead atoms. The smallest absolute Gasteiger partial charge is 0.253 e. The summed E-state index contributed by atoms with van der Waals surface area (Å²) in [4.78, 5) is 16.2. The van der Waals surface area contributed by atoms with E-state index in [4.69, 9.17) is 0 Å². The topological polar surface area (TPSA) is 35.6 Å². The van der Waals surface area contributed by atoms with Gasteiger partial charge in [-0.05, 0) is 39.7 Å². The zero-order valence-electron chi connectivity index (χ0n) is 11.7. The molecule has 0 aliphatic rings. The summed E-state index contributed by atoms with van der Waals surface area (Å²) >= 11 is 0. The highest BCUT2D eigenvalue weighted by molar-refractivity contribution is 5.94. The largest absolute Gasteiger partial charge is 0.324 e. The molecule has 0 radical (unpaired) electrons. The van der Waals surface area contributed by atoms with Crippen molar-refractivity contribution >= 4 is 5.91 Å². The number of nitrogens with one attached hydrogen (secondary N) is 1. The maximum atomic E-state index is 12.1. The predicted molar refractivity (Wildman–Crippen MR) is 74.3 cm³/mol. The van der Waals surface area contributed by atoms with Gasteiger partial charge in [0.2, 0.25) is 0 Å². The Morgan fingerprint density at radius 3 is 2.33 bits per heavy atom. The molecule has 0 aromatic heterocycles. The maximum Gasteiger partial charge on any atom is 0.253 e. The molecule has 1 atom stereocenters. The van der Waals surface area contributed by atoms with Crippen molar-refractivity contribution in [3.05, 3.63) is 35.9 Å². The van der Waals surface area contributed by atoms with Gasteiger partial charge >= 0.3 is 0 Å². The van der Waals surface area contributed by atoms with Crippen LogP contribution in [0.15, 0.2) is 30.3 Å². The molecule has 0 heterocycles. The van der Waals surface area contributed by atoms with E-state index in [-0.39, 0.29) is 12.2 Å². The molecule has 0 spiro atoms. The summed E-state index contributed by atoms with van der Waals surface area (Å²) in [6.45, 7) is 3.07. The minimum atomic E-state index is -0.0855. The number of rotatable bonds is 6. The van der Waals surface area contributed by atoms with Crippen LogP contribution in [0, 0.1) is 0 Å². The Kier molecular flexibility index (Phi) is 5.82. The first-order valence-corrected chi connectivity index (χ1v) is 6.28. The van der Waals surface area contributed by atoms with E-state index in [1.165, 1.54) is 0 Å². The van der Waals surface area contributed by atoms with Crippen LogP contribution < -0.4 is 5.32 Å². The number of hydrogen-bond acceptors (Lipinski definition) is 3. The first-order chi connectivity index (χ1) is 8.56. The molecule has 1 aromatic rings. The van der Waals surface area contributed by atoms with Gasteiger partial charge in [0.05, 0.1) is 0 Å². The molecule has 1 amide bonds. The van der Waals surface area contributed by atoms with Gasteiger partial charge in [-0.3, -0.25) is 14.6 Å². The summed E-state index contributed by atoms with van der Waals surface area (Å²) in [5.74, 6) is -0.0442. The second-order valence-electron chi connectivity index (χ2n) is 4.66. The van der Waals surface area contributed by atoms with E-state index in [1.807, 2.05) is 56.4 Å². The van der Waals surface area contributed by atoms with E-state index in [9.17, 15) is 4.79 Å². The lowest BCUT2D eigenvalue weighted by atomic mass is 10.2. The fourth-order valence-corrected chi connectivity index (χ4v) is 1.90. The van der Waals surface area contributed by atoms with Crippen molar-refractivity contribution in [3.63, 3.8) is 0 Å². The van der Waals surface area contributed by atoms with Crippen LogP contribution in [0.1, 0.15) is 23.7 Å². The summed E-state index contributed by atoms with van der Waals surface area (Å²) in [6, 6.07) is 9.29. The normalized spacial score (nSPS) is 12.8. The Labute approximate surface area is 110 Å². The molecule has 1 rings (SSSR count). The third kappa shape index (κ3) is 4.13. The Bertz CT molecular complexity index is 365. The van der Waals surface area contributed by atoms with Crippen molar-refractivity contribution in [3.8, 4) is 0 Å². The Balaban J connectivity index is 2.70. The molecule has 1 N–H and O–H groups in total. The third-order valence-electron chi connectivity index (χ3n) is 2.78. The van der Waals surface area contributed by atoms with Gasteiger partial charge in [0.25, 0.3) is 5.91 Å². The van der Waals surface area contributed by atoms with Gasteiger partial charge in [0.15, 0.2) is 0 Å². The molecular formula is C14H23N3O.